The molecule has 2 atom stereocenters. The lowest BCUT2D eigenvalue weighted by Crippen LogP contribution is -2.63. The SMILES string of the molecule is C[C@@]1(c2cc([N+](=O)[O-])ccc2F)CS(=O)(=O)[C@@](C)(c2ccc(F)cc2)C(=N)N1. The van der Waals surface area contributed by atoms with Gasteiger partial charge in [0, 0.05) is 17.7 Å². The molecule has 28 heavy (non-hydrogen) atoms. The zero-order chi connectivity index (χ0) is 20.9. The van der Waals surface area contributed by atoms with Crippen molar-refractivity contribution in [3.63, 3.8) is 0 Å². The maximum Gasteiger partial charge on any atom is 0.269 e. The van der Waals surface area contributed by atoms with E-state index in [1.807, 2.05) is 0 Å². The third-order valence-corrected chi connectivity index (χ3v) is 7.77. The first-order valence-electron chi connectivity index (χ1n) is 8.21. The molecule has 148 valence electrons. The summed E-state index contributed by atoms with van der Waals surface area (Å²) in [6, 6.07) is 7.58. The maximum absolute atomic E-state index is 14.4. The Labute approximate surface area is 160 Å². The van der Waals surface area contributed by atoms with Crippen LogP contribution in [0.2, 0.25) is 0 Å². The van der Waals surface area contributed by atoms with Crippen LogP contribution in [0.1, 0.15) is 25.0 Å². The minimum atomic E-state index is -4.09. The number of hydrogen-bond acceptors (Lipinski definition) is 5. The van der Waals surface area contributed by atoms with E-state index in [4.69, 9.17) is 5.41 Å². The highest BCUT2D eigenvalue weighted by molar-refractivity contribution is 7.93. The van der Waals surface area contributed by atoms with Gasteiger partial charge in [0.15, 0.2) is 14.6 Å². The lowest BCUT2D eigenvalue weighted by atomic mass is 9.89. The van der Waals surface area contributed by atoms with Gasteiger partial charge in [-0.3, -0.25) is 15.5 Å². The Balaban J connectivity index is 2.12. The van der Waals surface area contributed by atoms with E-state index < -0.39 is 54.0 Å². The summed E-state index contributed by atoms with van der Waals surface area (Å²) in [5.41, 5.74) is -2.02. The number of nitro groups is 1. The molecule has 7 nitrogen and oxygen atoms in total. The van der Waals surface area contributed by atoms with E-state index in [-0.39, 0.29) is 11.1 Å². The number of amidine groups is 1. The smallest absolute Gasteiger partial charge is 0.269 e. The Morgan fingerprint density at radius 1 is 1.14 bits per heavy atom. The van der Waals surface area contributed by atoms with Crippen LogP contribution in [0.15, 0.2) is 42.5 Å². The summed E-state index contributed by atoms with van der Waals surface area (Å²) in [5.74, 6) is -2.43. The van der Waals surface area contributed by atoms with Gasteiger partial charge in [-0.05, 0) is 37.6 Å². The van der Waals surface area contributed by atoms with Crippen molar-refractivity contribution in [3.05, 3.63) is 75.3 Å². The molecule has 0 saturated carbocycles. The fraction of sp³-hybridized carbons (Fsp3) is 0.278. The number of benzene rings is 2. The van der Waals surface area contributed by atoms with Crippen molar-refractivity contribution in [2.24, 2.45) is 0 Å². The Hall–Kier alpha value is -2.88. The Morgan fingerprint density at radius 2 is 1.75 bits per heavy atom. The summed E-state index contributed by atoms with van der Waals surface area (Å²) in [4.78, 5) is 10.3. The summed E-state index contributed by atoms with van der Waals surface area (Å²) in [7, 11) is -4.09. The van der Waals surface area contributed by atoms with E-state index >= 15 is 0 Å². The van der Waals surface area contributed by atoms with Gasteiger partial charge in [-0.2, -0.15) is 0 Å². The molecule has 0 spiro atoms. The zero-order valence-electron chi connectivity index (χ0n) is 15.0. The summed E-state index contributed by atoms with van der Waals surface area (Å²) >= 11 is 0. The first-order valence-corrected chi connectivity index (χ1v) is 9.86. The van der Waals surface area contributed by atoms with Crippen LogP contribution < -0.4 is 5.32 Å². The van der Waals surface area contributed by atoms with Crippen molar-refractivity contribution in [2.75, 3.05) is 5.75 Å². The lowest BCUT2D eigenvalue weighted by molar-refractivity contribution is -0.385. The summed E-state index contributed by atoms with van der Waals surface area (Å²) < 4.78 is 52.3. The Kier molecular flexibility index (Phi) is 4.49. The van der Waals surface area contributed by atoms with E-state index in [0.717, 1.165) is 30.3 Å². The van der Waals surface area contributed by atoms with Crippen LogP contribution >= 0.6 is 0 Å². The number of halogens is 2. The van der Waals surface area contributed by atoms with E-state index in [1.165, 1.54) is 26.0 Å². The first kappa shape index (κ1) is 19.9. The Morgan fingerprint density at radius 3 is 2.29 bits per heavy atom. The van der Waals surface area contributed by atoms with Gasteiger partial charge in [0.1, 0.15) is 17.5 Å². The molecular weight excluding hydrogens is 392 g/mol. The average Bonchev–Trinajstić information content (AvgIpc) is 2.59. The second-order valence-corrected chi connectivity index (χ2v) is 9.39. The zero-order valence-corrected chi connectivity index (χ0v) is 15.8. The average molecular weight is 409 g/mol. The molecule has 0 aromatic heterocycles. The largest absolute Gasteiger partial charge is 0.362 e. The van der Waals surface area contributed by atoms with E-state index in [2.05, 4.69) is 5.32 Å². The minimum Gasteiger partial charge on any atom is -0.362 e. The van der Waals surface area contributed by atoms with Crippen LogP contribution in [-0.4, -0.2) is 24.9 Å². The second kappa shape index (κ2) is 6.33. The van der Waals surface area contributed by atoms with Gasteiger partial charge in [-0.25, -0.2) is 17.2 Å². The molecule has 1 aliphatic heterocycles. The minimum absolute atomic E-state index is 0.188. The van der Waals surface area contributed by atoms with Crippen molar-refractivity contribution in [2.45, 2.75) is 24.1 Å². The van der Waals surface area contributed by atoms with Crippen LogP contribution in [0.3, 0.4) is 0 Å². The monoisotopic (exact) mass is 409 g/mol. The van der Waals surface area contributed by atoms with Crippen LogP contribution in [-0.2, 0) is 20.1 Å². The van der Waals surface area contributed by atoms with E-state index in [1.54, 1.807) is 0 Å². The lowest BCUT2D eigenvalue weighted by Gasteiger charge is -2.44. The number of sulfone groups is 1. The summed E-state index contributed by atoms with van der Waals surface area (Å²) in [5, 5.41) is 22.1. The predicted molar refractivity (Wildman–Crippen MR) is 98.8 cm³/mol. The molecule has 0 amide bonds. The highest BCUT2D eigenvalue weighted by Crippen LogP contribution is 2.41. The molecule has 0 bridgehead atoms. The van der Waals surface area contributed by atoms with Gasteiger partial charge in [0.05, 0.1) is 16.2 Å². The molecule has 2 aromatic carbocycles. The molecule has 0 unspecified atom stereocenters. The molecular formula is C18H17F2N3O4S. The van der Waals surface area contributed by atoms with Crippen molar-refractivity contribution in [1.29, 1.82) is 5.41 Å². The molecule has 1 heterocycles. The standard InChI is InChI=1S/C18H17F2N3O4S/c1-17(14-9-13(23(24)25)7-8-15(14)20)10-28(26,27)18(2,16(21)22-17)11-3-5-12(19)6-4-11/h3-9H,10H2,1-2H3,(H2,21,22)/t17-,18-/m0/s1. The molecule has 1 fully saturated rings. The number of hydrogen-bond donors (Lipinski definition) is 2. The topological polar surface area (TPSA) is 113 Å². The maximum atomic E-state index is 14.4. The fourth-order valence-corrected chi connectivity index (χ4v) is 5.53. The molecule has 1 aliphatic rings. The molecule has 10 heteroatoms. The first-order chi connectivity index (χ1) is 12.9. The molecule has 2 aromatic rings. The number of nitro benzene ring substituents is 1. The quantitative estimate of drug-likeness (QED) is 0.598. The molecule has 3 rings (SSSR count). The summed E-state index contributed by atoms with van der Waals surface area (Å²) in [6.45, 7) is 2.68. The Bertz CT molecular complexity index is 1090. The van der Waals surface area contributed by atoms with Gasteiger partial charge in [0.25, 0.3) is 5.69 Å². The van der Waals surface area contributed by atoms with Crippen molar-refractivity contribution >= 4 is 21.4 Å². The van der Waals surface area contributed by atoms with Crippen molar-refractivity contribution in [1.82, 2.24) is 5.32 Å². The third kappa shape index (κ3) is 2.93. The van der Waals surface area contributed by atoms with Gasteiger partial charge in [-0.15, -0.1) is 0 Å². The van der Waals surface area contributed by atoms with Crippen molar-refractivity contribution < 1.29 is 22.1 Å². The number of nitrogens with one attached hydrogen (secondary N) is 2. The van der Waals surface area contributed by atoms with E-state index in [9.17, 15) is 27.3 Å². The van der Waals surface area contributed by atoms with Gasteiger partial charge in [-0.1, -0.05) is 12.1 Å². The molecule has 0 aliphatic carbocycles. The normalized spacial score (nSPS) is 26.5. The molecule has 1 saturated heterocycles. The molecule has 0 radical (unpaired) electrons. The van der Waals surface area contributed by atoms with Gasteiger partial charge in [0.2, 0.25) is 0 Å². The van der Waals surface area contributed by atoms with E-state index in [0.29, 0.717) is 0 Å². The number of rotatable bonds is 3. The van der Waals surface area contributed by atoms with Crippen LogP contribution in [0.5, 0.6) is 0 Å². The van der Waals surface area contributed by atoms with Gasteiger partial charge >= 0.3 is 0 Å². The molecule has 2 N–H and O–H groups in total. The van der Waals surface area contributed by atoms with Crippen LogP contribution in [0, 0.1) is 27.2 Å². The van der Waals surface area contributed by atoms with Crippen molar-refractivity contribution in [3.8, 4) is 0 Å². The fourth-order valence-electron chi connectivity index (χ4n) is 3.40. The van der Waals surface area contributed by atoms with Crippen LogP contribution in [0.25, 0.3) is 0 Å². The van der Waals surface area contributed by atoms with Crippen LogP contribution in [0.4, 0.5) is 14.5 Å². The number of nitrogens with zero attached hydrogens (tertiary/aromatic N) is 1. The highest BCUT2D eigenvalue weighted by Gasteiger charge is 2.55. The highest BCUT2D eigenvalue weighted by atomic mass is 32.2. The second-order valence-electron chi connectivity index (χ2n) is 7.05. The predicted octanol–water partition coefficient (Wildman–Crippen LogP) is 3.00. The number of non-ortho nitro benzene ring substituents is 1. The summed E-state index contributed by atoms with van der Waals surface area (Å²) in [6.07, 6.45) is 0. The van der Waals surface area contributed by atoms with Gasteiger partial charge < -0.3 is 5.32 Å². The third-order valence-electron chi connectivity index (χ3n) is 5.13.